The molecule has 88 valence electrons. The molecule has 0 spiro atoms. The molecule has 0 aliphatic heterocycles. The van der Waals surface area contributed by atoms with Crippen molar-refractivity contribution >= 4 is 5.78 Å². The van der Waals surface area contributed by atoms with E-state index < -0.39 is 0 Å². The molecule has 1 heterocycles. The summed E-state index contributed by atoms with van der Waals surface area (Å²) in [4.78, 5) is 15.9. The van der Waals surface area contributed by atoms with E-state index in [9.17, 15) is 4.79 Å². The molecular weight excluding hydrogens is 202 g/mol. The van der Waals surface area contributed by atoms with Crippen LogP contribution in [-0.2, 0) is 4.74 Å². The summed E-state index contributed by atoms with van der Waals surface area (Å²) < 4.78 is 5.29. The molecule has 0 fully saturated rings. The second kappa shape index (κ2) is 5.21. The normalized spacial score (nSPS) is 11.5. The summed E-state index contributed by atoms with van der Waals surface area (Å²) >= 11 is 0. The first-order valence-electron chi connectivity index (χ1n) is 5.45. The molecule has 0 atom stereocenters. The van der Waals surface area contributed by atoms with Crippen molar-refractivity contribution in [2.45, 2.75) is 39.2 Å². The fraction of sp³-hybridized carbons (Fsp3) is 0.538. The largest absolute Gasteiger partial charge is 0.379 e. The molecule has 1 rings (SSSR count). The van der Waals surface area contributed by atoms with Gasteiger partial charge in [0, 0.05) is 31.5 Å². The number of carbonyl (C=O) groups excluding carboxylic acids is 1. The highest BCUT2D eigenvalue weighted by molar-refractivity contribution is 5.97. The topological polar surface area (TPSA) is 39.2 Å². The first-order valence-corrected chi connectivity index (χ1v) is 5.45. The molecule has 3 nitrogen and oxygen atoms in total. The maximum absolute atomic E-state index is 11.9. The van der Waals surface area contributed by atoms with E-state index in [4.69, 9.17) is 4.74 Å². The van der Waals surface area contributed by atoms with E-state index >= 15 is 0 Å². The number of pyridine rings is 1. The van der Waals surface area contributed by atoms with E-state index in [0.29, 0.717) is 6.42 Å². The second-order valence-electron chi connectivity index (χ2n) is 4.58. The van der Waals surface area contributed by atoms with Gasteiger partial charge in [-0.3, -0.25) is 9.78 Å². The number of hydrogen-bond donors (Lipinski definition) is 0. The third kappa shape index (κ3) is 3.42. The van der Waals surface area contributed by atoms with Crippen molar-refractivity contribution in [2.75, 3.05) is 7.11 Å². The highest BCUT2D eigenvalue weighted by atomic mass is 16.5. The first-order chi connectivity index (χ1) is 7.46. The van der Waals surface area contributed by atoms with E-state index in [0.717, 1.165) is 17.5 Å². The van der Waals surface area contributed by atoms with Gasteiger partial charge in [0.2, 0.25) is 0 Å². The lowest BCUT2D eigenvalue weighted by Crippen LogP contribution is -2.23. The molecule has 1 aromatic heterocycles. The molecule has 0 aromatic carbocycles. The Morgan fingerprint density at radius 1 is 1.50 bits per heavy atom. The number of ether oxygens (including phenoxy) is 1. The number of ketones is 1. The van der Waals surface area contributed by atoms with Gasteiger partial charge in [0.15, 0.2) is 5.78 Å². The van der Waals surface area contributed by atoms with Crippen LogP contribution in [0.2, 0.25) is 0 Å². The molecule has 1 aromatic rings. The van der Waals surface area contributed by atoms with Gasteiger partial charge in [-0.1, -0.05) is 0 Å². The second-order valence-corrected chi connectivity index (χ2v) is 4.58. The van der Waals surface area contributed by atoms with Crippen LogP contribution in [0.4, 0.5) is 0 Å². The Balaban J connectivity index is 2.64. The average molecular weight is 221 g/mol. The van der Waals surface area contributed by atoms with Crippen molar-refractivity contribution < 1.29 is 9.53 Å². The molecule has 0 unspecified atom stereocenters. The van der Waals surface area contributed by atoms with Crippen molar-refractivity contribution in [1.29, 1.82) is 0 Å². The number of rotatable bonds is 5. The van der Waals surface area contributed by atoms with Gasteiger partial charge in [-0.05, 0) is 38.8 Å². The fourth-order valence-electron chi connectivity index (χ4n) is 1.44. The highest BCUT2D eigenvalue weighted by Crippen LogP contribution is 2.18. The lowest BCUT2D eigenvalue weighted by atomic mass is 9.96. The number of Topliss-reactive ketones (excluding diaryl/α,β-unsaturated/α-hetero) is 1. The van der Waals surface area contributed by atoms with E-state index in [1.807, 2.05) is 20.8 Å². The third-order valence-electron chi connectivity index (χ3n) is 2.83. The SMILES string of the molecule is COC(C)(C)CCC(=O)c1ccncc1C. The standard InChI is InChI=1S/C13H19NO2/c1-10-9-14-8-6-11(10)12(15)5-7-13(2,3)16-4/h6,8-9H,5,7H2,1-4H3. The lowest BCUT2D eigenvalue weighted by Gasteiger charge is -2.22. The van der Waals surface area contributed by atoms with Crippen molar-refractivity contribution in [3.05, 3.63) is 29.6 Å². The Morgan fingerprint density at radius 3 is 2.75 bits per heavy atom. The van der Waals surface area contributed by atoms with Crippen molar-refractivity contribution in [3.63, 3.8) is 0 Å². The summed E-state index contributed by atoms with van der Waals surface area (Å²) in [5.41, 5.74) is 1.46. The minimum absolute atomic E-state index is 0.157. The van der Waals surface area contributed by atoms with Crippen LogP contribution < -0.4 is 0 Å². The number of nitrogens with zero attached hydrogens (tertiary/aromatic N) is 1. The quantitative estimate of drug-likeness (QED) is 0.718. The third-order valence-corrected chi connectivity index (χ3v) is 2.83. The number of aryl methyl sites for hydroxylation is 1. The molecule has 0 aliphatic carbocycles. The summed E-state index contributed by atoms with van der Waals surface area (Å²) in [6.45, 7) is 5.88. The van der Waals surface area contributed by atoms with E-state index in [-0.39, 0.29) is 11.4 Å². The number of carbonyl (C=O) groups is 1. The summed E-state index contributed by atoms with van der Waals surface area (Å²) in [5, 5.41) is 0. The Bertz CT molecular complexity index is 372. The van der Waals surface area contributed by atoms with Crippen molar-refractivity contribution in [3.8, 4) is 0 Å². The molecule has 0 bridgehead atoms. The fourth-order valence-corrected chi connectivity index (χ4v) is 1.44. The van der Waals surface area contributed by atoms with E-state index in [1.54, 1.807) is 25.6 Å². The Morgan fingerprint density at radius 2 is 2.19 bits per heavy atom. The monoisotopic (exact) mass is 221 g/mol. The zero-order valence-electron chi connectivity index (χ0n) is 10.4. The molecule has 16 heavy (non-hydrogen) atoms. The Kier molecular flexibility index (Phi) is 4.19. The molecule has 0 aliphatic rings. The van der Waals surface area contributed by atoms with Crippen LogP contribution in [0.5, 0.6) is 0 Å². The molecule has 0 radical (unpaired) electrons. The first kappa shape index (κ1) is 12.8. The molecule has 0 saturated heterocycles. The van der Waals surface area contributed by atoms with Crippen LogP contribution in [0.3, 0.4) is 0 Å². The van der Waals surface area contributed by atoms with Crippen LogP contribution >= 0.6 is 0 Å². The average Bonchev–Trinajstić information content (AvgIpc) is 2.27. The predicted octanol–water partition coefficient (Wildman–Crippen LogP) is 2.78. The molecule has 0 saturated carbocycles. The highest BCUT2D eigenvalue weighted by Gasteiger charge is 2.19. The summed E-state index contributed by atoms with van der Waals surface area (Å²) in [7, 11) is 1.67. The van der Waals surface area contributed by atoms with Gasteiger partial charge >= 0.3 is 0 Å². The van der Waals surface area contributed by atoms with Gasteiger partial charge in [-0.15, -0.1) is 0 Å². The van der Waals surface area contributed by atoms with Crippen LogP contribution in [0.25, 0.3) is 0 Å². The number of hydrogen-bond acceptors (Lipinski definition) is 3. The van der Waals surface area contributed by atoms with Gasteiger partial charge in [0.25, 0.3) is 0 Å². The van der Waals surface area contributed by atoms with Gasteiger partial charge in [-0.2, -0.15) is 0 Å². The van der Waals surface area contributed by atoms with Gasteiger partial charge in [-0.25, -0.2) is 0 Å². The molecule has 0 N–H and O–H groups in total. The van der Waals surface area contributed by atoms with Gasteiger partial charge in [0.05, 0.1) is 5.60 Å². The Hall–Kier alpha value is -1.22. The van der Waals surface area contributed by atoms with E-state index in [2.05, 4.69) is 4.98 Å². The zero-order valence-corrected chi connectivity index (χ0v) is 10.4. The van der Waals surface area contributed by atoms with E-state index in [1.165, 1.54) is 0 Å². The van der Waals surface area contributed by atoms with Gasteiger partial charge < -0.3 is 4.74 Å². The number of methoxy groups -OCH3 is 1. The molecule has 0 amide bonds. The summed E-state index contributed by atoms with van der Waals surface area (Å²) in [5.74, 6) is 0.157. The van der Waals surface area contributed by atoms with Gasteiger partial charge in [0.1, 0.15) is 0 Å². The molecule has 3 heteroatoms. The molecular formula is C13H19NO2. The van der Waals surface area contributed by atoms with Crippen molar-refractivity contribution in [2.24, 2.45) is 0 Å². The minimum Gasteiger partial charge on any atom is -0.379 e. The van der Waals surface area contributed by atoms with Crippen LogP contribution in [0.15, 0.2) is 18.5 Å². The maximum atomic E-state index is 11.9. The smallest absolute Gasteiger partial charge is 0.163 e. The summed E-state index contributed by atoms with van der Waals surface area (Å²) in [6.07, 6.45) is 4.60. The Labute approximate surface area is 96.8 Å². The van der Waals surface area contributed by atoms with Crippen LogP contribution in [-0.4, -0.2) is 23.5 Å². The van der Waals surface area contributed by atoms with Crippen LogP contribution in [0, 0.1) is 6.92 Å². The van der Waals surface area contributed by atoms with Crippen LogP contribution in [0.1, 0.15) is 42.6 Å². The van der Waals surface area contributed by atoms with Crippen molar-refractivity contribution in [1.82, 2.24) is 4.98 Å². The lowest BCUT2D eigenvalue weighted by molar-refractivity contribution is 0.0141. The number of aromatic nitrogens is 1. The maximum Gasteiger partial charge on any atom is 0.163 e. The summed E-state index contributed by atoms with van der Waals surface area (Å²) in [6, 6.07) is 1.78. The zero-order chi connectivity index (χ0) is 12.2. The minimum atomic E-state index is -0.239. The predicted molar refractivity (Wildman–Crippen MR) is 63.6 cm³/mol.